The van der Waals surface area contributed by atoms with Gasteiger partial charge in [0.2, 0.25) is 0 Å². The molecule has 0 fully saturated rings. The van der Waals surface area contributed by atoms with E-state index in [-0.39, 0.29) is 5.41 Å². The van der Waals surface area contributed by atoms with Crippen molar-refractivity contribution in [3.05, 3.63) is 87.1 Å². The van der Waals surface area contributed by atoms with Gasteiger partial charge < -0.3 is 0 Å². The molecule has 30 heavy (non-hydrogen) atoms. The average Bonchev–Trinajstić information content (AvgIpc) is 2.59. The highest BCUT2D eigenvalue weighted by molar-refractivity contribution is 5.82. The minimum absolute atomic E-state index is 0.241. The standard InChI is InChI=1S/C29H38O/c1-20(11-12-27-23(4)10-9-14-29(27,7)8)18-26(19-21(2)13-15-30)28-24(5)16-22(3)17-25(28)6/h11-13,15-19H,9-10,14H2,1-8H3. The highest BCUT2D eigenvalue weighted by atomic mass is 16.1. The molecule has 1 nitrogen and oxygen atoms in total. The van der Waals surface area contributed by atoms with Crippen LogP contribution in [0.5, 0.6) is 0 Å². The van der Waals surface area contributed by atoms with E-state index in [0.717, 1.165) is 17.4 Å². The van der Waals surface area contributed by atoms with Crippen LogP contribution in [0, 0.1) is 26.2 Å². The molecule has 0 radical (unpaired) electrons. The van der Waals surface area contributed by atoms with Crippen LogP contribution < -0.4 is 0 Å². The summed E-state index contributed by atoms with van der Waals surface area (Å²) in [6.07, 6.45) is 15.1. The molecule has 1 heteroatoms. The van der Waals surface area contributed by atoms with E-state index in [4.69, 9.17) is 0 Å². The summed E-state index contributed by atoms with van der Waals surface area (Å²) in [6, 6.07) is 4.46. The number of hydrogen-bond acceptors (Lipinski definition) is 1. The maximum Gasteiger partial charge on any atom is 0.143 e. The number of aryl methyl sites for hydroxylation is 3. The largest absolute Gasteiger partial charge is 0.299 e. The van der Waals surface area contributed by atoms with Gasteiger partial charge in [-0.25, -0.2) is 0 Å². The van der Waals surface area contributed by atoms with Gasteiger partial charge in [-0.3, -0.25) is 4.79 Å². The molecule has 0 spiro atoms. The molecular formula is C29H38O. The van der Waals surface area contributed by atoms with Gasteiger partial charge in [0.25, 0.3) is 0 Å². The molecule has 160 valence electrons. The van der Waals surface area contributed by atoms with Crippen molar-refractivity contribution in [2.45, 2.75) is 74.7 Å². The monoisotopic (exact) mass is 402 g/mol. The molecule has 1 aliphatic carbocycles. The van der Waals surface area contributed by atoms with Crippen LogP contribution in [-0.2, 0) is 4.79 Å². The fourth-order valence-corrected chi connectivity index (χ4v) is 4.74. The number of benzene rings is 1. The number of allylic oxidation sites excluding steroid dienone is 10. The van der Waals surface area contributed by atoms with Crippen molar-refractivity contribution in [2.24, 2.45) is 5.41 Å². The Morgan fingerprint density at radius 3 is 2.17 bits per heavy atom. The Hall–Kier alpha value is -2.41. The minimum atomic E-state index is 0.241. The summed E-state index contributed by atoms with van der Waals surface area (Å²) in [5.41, 5.74) is 11.6. The summed E-state index contributed by atoms with van der Waals surface area (Å²) in [7, 11) is 0. The third-order valence-electron chi connectivity index (χ3n) is 6.12. The first-order valence-electron chi connectivity index (χ1n) is 11.0. The Balaban J connectivity index is 2.52. The summed E-state index contributed by atoms with van der Waals surface area (Å²) in [6.45, 7) is 17.6. The molecule has 0 saturated carbocycles. The molecule has 1 aromatic carbocycles. The Bertz CT molecular complexity index is 935. The van der Waals surface area contributed by atoms with Crippen molar-refractivity contribution in [3.63, 3.8) is 0 Å². The van der Waals surface area contributed by atoms with Crippen LogP contribution in [-0.4, -0.2) is 6.29 Å². The van der Waals surface area contributed by atoms with Gasteiger partial charge >= 0.3 is 0 Å². The molecule has 0 aliphatic heterocycles. The molecule has 0 bridgehead atoms. The Labute approximate surface area is 184 Å². The van der Waals surface area contributed by atoms with Crippen molar-refractivity contribution >= 4 is 11.9 Å². The zero-order chi connectivity index (χ0) is 22.5. The molecular weight excluding hydrogens is 364 g/mol. The molecule has 0 saturated heterocycles. The van der Waals surface area contributed by atoms with Crippen LogP contribution in [0.25, 0.3) is 5.57 Å². The van der Waals surface area contributed by atoms with E-state index in [0.29, 0.717) is 0 Å². The summed E-state index contributed by atoms with van der Waals surface area (Å²) in [5.74, 6) is 0. The lowest BCUT2D eigenvalue weighted by Gasteiger charge is -2.33. The first-order chi connectivity index (χ1) is 14.0. The van der Waals surface area contributed by atoms with Gasteiger partial charge in [0.15, 0.2) is 0 Å². The van der Waals surface area contributed by atoms with E-state index in [1.54, 1.807) is 6.08 Å². The average molecular weight is 403 g/mol. The van der Waals surface area contributed by atoms with Crippen LogP contribution >= 0.6 is 0 Å². The second-order valence-electron chi connectivity index (χ2n) is 9.57. The molecule has 0 amide bonds. The van der Waals surface area contributed by atoms with Crippen molar-refractivity contribution in [3.8, 4) is 0 Å². The Morgan fingerprint density at radius 1 is 0.967 bits per heavy atom. The predicted molar refractivity (Wildman–Crippen MR) is 132 cm³/mol. The van der Waals surface area contributed by atoms with Crippen LogP contribution in [0.3, 0.4) is 0 Å². The van der Waals surface area contributed by atoms with E-state index in [1.807, 2.05) is 6.92 Å². The van der Waals surface area contributed by atoms with Gasteiger partial charge in [-0.1, -0.05) is 67.0 Å². The van der Waals surface area contributed by atoms with Gasteiger partial charge in [-0.05, 0) is 106 Å². The van der Waals surface area contributed by atoms with E-state index in [1.165, 1.54) is 58.2 Å². The van der Waals surface area contributed by atoms with Crippen molar-refractivity contribution in [1.29, 1.82) is 0 Å². The third-order valence-corrected chi connectivity index (χ3v) is 6.12. The van der Waals surface area contributed by atoms with E-state index in [9.17, 15) is 4.79 Å². The lowest BCUT2D eigenvalue weighted by Crippen LogP contribution is -2.19. The maximum atomic E-state index is 11.0. The van der Waals surface area contributed by atoms with Crippen molar-refractivity contribution < 1.29 is 4.79 Å². The van der Waals surface area contributed by atoms with Crippen LogP contribution in [0.1, 0.15) is 76.1 Å². The first kappa shape index (κ1) is 23.9. The molecule has 0 aromatic heterocycles. The zero-order valence-corrected chi connectivity index (χ0v) is 20.1. The second kappa shape index (κ2) is 10.1. The number of rotatable bonds is 6. The first-order valence-corrected chi connectivity index (χ1v) is 11.0. The fraction of sp³-hybridized carbons (Fsp3) is 0.414. The van der Waals surface area contributed by atoms with Crippen molar-refractivity contribution in [1.82, 2.24) is 0 Å². The number of carbonyl (C=O) groups excluding carboxylic acids is 1. The lowest BCUT2D eigenvalue weighted by atomic mass is 9.72. The highest BCUT2D eigenvalue weighted by Gasteiger charge is 2.26. The maximum absolute atomic E-state index is 11.0. The van der Waals surface area contributed by atoms with Crippen molar-refractivity contribution in [2.75, 3.05) is 0 Å². The smallest absolute Gasteiger partial charge is 0.143 e. The zero-order valence-electron chi connectivity index (χ0n) is 20.1. The molecule has 2 rings (SSSR count). The Morgan fingerprint density at radius 2 is 1.60 bits per heavy atom. The van der Waals surface area contributed by atoms with Crippen LogP contribution in [0.15, 0.2) is 64.8 Å². The summed E-state index contributed by atoms with van der Waals surface area (Å²) < 4.78 is 0. The van der Waals surface area contributed by atoms with Gasteiger partial charge in [-0.15, -0.1) is 0 Å². The van der Waals surface area contributed by atoms with Crippen LogP contribution in [0.4, 0.5) is 0 Å². The molecule has 1 aliphatic rings. The summed E-state index contributed by atoms with van der Waals surface area (Å²) in [5, 5.41) is 0. The Kier molecular flexibility index (Phi) is 8.01. The van der Waals surface area contributed by atoms with Gasteiger partial charge in [0.05, 0.1) is 0 Å². The fourth-order valence-electron chi connectivity index (χ4n) is 4.74. The number of hydrogen-bond donors (Lipinski definition) is 0. The third kappa shape index (κ3) is 6.05. The molecule has 0 unspecified atom stereocenters. The lowest BCUT2D eigenvalue weighted by molar-refractivity contribution is -0.104. The number of aldehydes is 1. The molecule has 0 atom stereocenters. The predicted octanol–water partition coefficient (Wildman–Crippen LogP) is 8.17. The normalized spacial score (nSPS) is 18.3. The van der Waals surface area contributed by atoms with Gasteiger partial charge in [0, 0.05) is 0 Å². The van der Waals surface area contributed by atoms with Gasteiger partial charge in [-0.2, -0.15) is 0 Å². The number of carbonyl (C=O) groups is 1. The summed E-state index contributed by atoms with van der Waals surface area (Å²) in [4.78, 5) is 11.0. The quantitative estimate of drug-likeness (QED) is 0.266. The van der Waals surface area contributed by atoms with E-state index >= 15 is 0 Å². The topological polar surface area (TPSA) is 17.1 Å². The van der Waals surface area contributed by atoms with Crippen LogP contribution in [0.2, 0.25) is 0 Å². The van der Waals surface area contributed by atoms with Gasteiger partial charge in [0.1, 0.15) is 6.29 Å². The van der Waals surface area contributed by atoms with E-state index in [2.05, 4.69) is 84.9 Å². The SMILES string of the molecule is CC(=CC=O)C=C(C=C(C)C=CC1=C(C)CCCC1(C)C)c1c(C)cc(C)cc1C. The molecule has 1 aromatic rings. The second-order valence-corrected chi connectivity index (χ2v) is 9.57. The molecule has 0 heterocycles. The highest BCUT2D eigenvalue weighted by Crippen LogP contribution is 2.41. The van der Waals surface area contributed by atoms with E-state index < -0.39 is 0 Å². The molecule has 0 N–H and O–H groups in total. The summed E-state index contributed by atoms with van der Waals surface area (Å²) >= 11 is 0. The minimum Gasteiger partial charge on any atom is -0.299 e.